The highest BCUT2D eigenvalue weighted by molar-refractivity contribution is 7.98. The first-order chi connectivity index (χ1) is 13.4. The summed E-state index contributed by atoms with van der Waals surface area (Å²) in [6.45, 7) is 2.09. The van der Waals surface area contributed by atoms with E-state index in [1.165, 1.54) is 4.90 Å². The van der Waals surface area contributed by atoms with Crippen molar-refractivity contribution in [3.63, 3.8) is 0 Å². The Labute approximate surface area is 169 Å². The Bertz CT molecular complexity index is 1050. The molecule has 3 aromatic rings. The summed E-state index contributed by atoms with van der Waals surface area (Å²) in [5, 5.41) is 3.65. The molecule has 0 bridgehead atoms. The van der Waals surface area contributed by atoms with Crippen molar-refractivity contribution in [1.82, 2.24) is 15.2 Å². The summed E-state index contributed by atoms with van der Waals surface area (Å²) in [6, 6.07) is 15.7. The molecule has 0 atom stereocenters. The lowest BCUT2D eigenvalue weighted by atomic mass is 10.0. The van der Waals surface area contributed by atoms with Crippen molar-refractivity contribution in [2.45, 2.75) is 11.8 Å². The number of hydrogen-bond donors (Lipinski definition) is 1. The van der Waals surface area contributed by atoms with Gasteiger partial charge in [0.1, 0.15) is 0 Å². The second kappa shape index (κ2) is 8.44. The number of benzene rings is 2. The number of pyridine rings is 1. The highest BCUT2D eigenvalue weighted by Gasteiger charge is 2.15. The molecule has 0 saturated heterocycles. The third-order valence-corrected chi connectivity index (χ3v) is 5.36. The van der Waals surface area contributed by atoms with Gasteiger partial charge >= 0.3 is 0 Å². The van der Waals surface area contributed by atoms with Gasteiger partial charge in [0.05, 0.1) is 17.8 Å². The first-order valence-electron chi connectivity index (χ1n) is 8.95. The predicted molar refractivity (Wildman–Crippen MR) is 115 cm³/mol. The van der Waals surface area contributed by atoms with Crippen LogP contribution in [0.25, 0.3) is 22.2 Å². The fourth-order valence-electron chi connectivity index (χ4n) is 3.06. The van der Waals surface area contributed by atoms with Crippen molar-refractivity contribution in [2.24, 2.45) is 0 Å². The molecule has 28 heavy (non-hydrogen) atoms. The SMILES string of the molecule is CNC(=O)CN(C)C(=O)c1cccc(-c2cc(C)c3ccc(SC)cc3n2)c1. The van der Waals surface area contributed by atoms with Gasteiger partial charge in [-0.15, -0.1) is 11.8 Å². The molecule has 0 fully saturated rings. The predicted octanol–water partition coefficient (Wildman–Crippen LogP) is 3.75. The number of likely N-dealkylation sites (N-methyl/N-ethyl adjacent to an activating group) is 2. The van der Waals surface area contributed by atoms with Crippen LogP contribution in [0.2, 0.25) is 0 Å². The molecule has 2 aromatic carbocycles. The van der Waals surface area contributed by atoms with Crippen LogP contribution < -0.4 is 5.32 Å². The van der Waals surface area contributed by atoms with Crippen LogP contribution in [-0.4, -0.2) is 48.6 Å². The summed E-state index contributed by atoms with van der Waals surface area (Å²) in [6.07, 6.45) is 2.04. The van der Waals surface area contributed by atoms with E-state index in [0.29, 0.717) is 5.56 Å². The first-order valence-corrected chi connectivity index (χ1v) is 10.2. The number of nitrogens with one attached hydrogen (secondary N) is 1. The average Bonchev–Trinajstić information content (AvgIpc) is 2.72. The molecule has 0 radical (unpaired) electrons. The van der Waals surface area contributed by atoms with E-state index in [-0.39, 0.29) is 18.4 Å². The molecule has 1 aromatic heterocycles. The van der Waals surface area contributed by atoms with Gasteiger partial charge in [0.2, 0.25) is 5.91 Å². The summed E-state index contributed by atoms with van der Waals surface area (Å²) < 4.78 is 0. The Hall–Kier alpha value is -2.86. The van der Waals surface area contributed by atoms with Gasteiger partial charge in [0, 0.05) is 35.5 Å². The number of carbonyl (C=O) groups excluding carboxylic acids is 2. The fraction of sp³-hybridized carbons (Fsp3) is 0.227. The van der Waals surface area contributed by atoms with Crippen LogP contribution in [-0.2, 0) is 4.79 Å². The van der Waals surface area contributed by atoms with Crippen molar-refractivity contribution < 1.29 is 9.59 Å². The minimum absolute atomic E-state index is 0.0182. The molecule has 2 amide bonds. The number of amides is 2. The van der Waals surface area contributed by atoms with Gasteiger partial charge in [0.15, 0.2) is 0 Å². The van der Waals surface area contributed by atoms with Crippen LogP contribution in [0.15, 0.2) is 53.4 Å². The number of thioether (sulfide) groups is 1. The standard InChI is InChI=1S/C22H23N3O2S/c1-14-10-19(24-20-12-17(28-4)8-9-18(14)20)15-6-5-7-16(11-15)22(27)25(3)13-21(26)23-2/h5-12H,13H2,1-4H3,(H,23,26). The molecule has 144 valence electrons. The van der Waals surface area contributed by atoms with Gasteiger partial charge in [0.25, 0.3) is 5.91 Å². The van der Waals surface area contributed by atoms with E-state index in [1.54, 1.807) is 31.9 Å². The summed E-state index contributed by atoms with van der Waals surface area (Å²) in [5.41, 5.74) is 4.31. The van der Waals surface area contributed by atoms with Gasteiger partial charge in [-0.25, -0.2) is 4.98 Å². The number of rotatable bonds is 5. The Balaban J connectivity index is 1.97. The van der Waals surface area contributed by atoms with Gasteiger partial charge < -0.3 is 10.2 Å². The van der Waals surface area contributed by atoms with Gasteiger partial charge in [-0.3, -0.25) is 9.59 Å². The molecule has 0 aliphatic carbocycles. The Morgan fingerprint density at radius 2 is 1.93 bits per heavy atom. The quantitative estimate of drug-likeness (QED) is 0.671. The van der Waals surface area contributed by atoms with Crippen LogP contribution in [0.5, 0.6) is 0 Å². The Morgan fingerprint density at radius 1 is 1.14 bits per heavy atom. The first kappa shape index (κ1) is 19.9. The average molecular weight is 394 g/mol. The number of aromatic nitrogens is 1. The maximum Gasteiger partial charge on any atom is 0.254 e. The second-order valence-electron chi connectivity index (χ2n) is 6.62. The van der Waals surface area contributed by atoms with Gasteiger partial charge in [-0.2, -0.15) is 0 Å². The molecular weight excluding hydrogens is 370 g/mol. The zero-order valence-electron chi connectivity index (χ0n) is 16.4. The normalized spacial score (nSPS) is 10.7. The molecule has 6 heteroatoms. The van der Waals surface area contributed by atoms with E-state index in [0.717, 1.165) is 32.6 Å². The Morgan fingerprint density at radius 3 is 2.64 bits per heavy atom. The minimum Gasteiger partial charge on any atom is -0.358 e. The van der Waals surface area contributed by atoms with E-state index in [1.807, 2.05) is 30.5 Å². The van der Waals surface area contributed by atoms with Crippen molar-refractivity contribution in [3.05, 3.63) is 59.7 Å². The van der Waals surface area contributed by atoms with E-state index >= 15 is 0 Å². The largest absolute Gasteiger partial charge is 0.358 e. The van der Waals surface area contributed by atoms with Crippen LogP contribution in [0.3, 0.4) is 0 Å². The maximum atomic E-state index is 12.7. The third kappa shape index (κ3) is 4.17. The minimum atomic E-state index is -0.205. The van der Waals surface area contributed by atoms with Crippen molar-refractivity contribution >= 4 is 34.5 Å². The number of carbonyl (C=O) groups is 2. The summed E-state index contributed by atoms with van der Waals surface area (Å²) >= 11 is 1.68. The third-order valence-electron chi connectivity index (χ3n) is 4.64. The van der Waals surface area contributed by atoms with E-state index in [2.05, 4.69) is 30.4 Å². The maximum absolute atomic E-state index is 12.7. The Kier molecular flexibility index (Phi) is 5.99. The van der Waals surface area contributed by atoms with E-state index in [9.17, 15) is 9.59 Å². The smallest absolute Gasteiger partial charge is 0.254 e. The lowest BCUT2D eigenvalue weighted by Crippen LogP contribution is -2.36. The molecule has 0 aliphatic rings. The highest BCUT2D eigenvalue weighted by Crippen LogP contribution is 2.28. The lowest BCUT2D eigenvalue weighted by Gasteiger charge is -2.16. The number of aryl methyl sites for hydroxylation is 1. The van der Waals surface area contributed by atoms with Crippen molar-refractivity contribution in [3.8, 4) is 11.3 Å². The van der Waals surface area contributed by atoms with Crippen LogP contribution in [0.1, 0.15) is 15.9 Å². The lowest BCUT2D eigenvalue weighted by molar-refractivity contribution is -0.121. The fourth-order valence-corrected chi connectivity index (χ4v) is 3.49. The molecule has 1 N–H and O–H groups in total. The summed E-state index contributed by atoms with van der Waals surface area (Å²) in [5.74, 6) is -0.406. The number of nitrogens with zero attached hydrogens (tertiary/aromatic N) is 2. The van der Waals surface area contributed by atoms with E-state index < -0.39 is 0 Å². The number of hydrogen-bond acceptors (Lipinski definition) is 4. The molecule has 0 saturated carbocycles. The van der Waals surface area contributed by atoms with Gasteiger partial charge in [-0.1, -0.05) is 18.2 Å². The zero-order valence-corrected chi connectivity index (χ0v) is 17.3. The van der Waals surface area contributed by atoms with Crippen LogP contribution in [0, 0.1) is 6.92 Å². The summed E-state index contributed by atoms with van der Waals surface area (Å²) in [7, 11) is 3.17. The molecule has 0 aliphatic heterocycles. The van der Waals surface area contributed by atoms with E-state index in [4.69, 9.17) is 4.98 Å². The molecule has 5 nitrogen and oxygen atoms in total. The number of fused-ring (bicyclic) bond motifs is 1. The van der Waals surface area contributed by atoms with Gasteiger partial charge in [-0.05, 0) is 49.1 Å². The second-order valence-corrected chi connectivity index (χ2v) is 7.50. The van der Waals surface area contributed by atoms with Crippen LogP contribution >= 0.6 is 11.8 Å². The molecular formula is C22H23N3O2S. The van der Waals surface area contributed by atoms with Crippen molar-refractivity contribution in [1.29, 1.82) is 0 Å². The van der Waals surface area contributed by atoms with Crippen LogP contribution in [0.4, 0.5) is 0 Å². The zero-order chi connectivity index (χ0) is 20.3. The summed E-state index contributed by atoms with van der Waals surface area (Å²) in [4.78, 5) is 31.6. The monoisotopic (exact) mass is 393 g/mol. The molecule has 1 heterocycles. The topological polar surface area (TPSA) is 62.3 Å². The molecule has 0 unspecified atom stereocenters. The molecule has 0 spiro atoms. The molecule has 3 rings (SSSR count). The van der Waals surface area contributed by atoms with Crippen molar-refractivity contribution in [2.75, 3.05) is 26.9 Å². The highest BCUT2D eigenvalue weighted by atomic mass is 32.2.